The van der Waals surface area contributed by atoms with Crippen molar-refractivity contribution in [1.82, 2.24) is 0 Å². The van der Waals surface area contributed by atoms with E-state index < -0.39 is 10.0 Å². The van der Waals surface area contributed by atoms with E-state index in [2.05, 4.69) is 0 Å². The molecule has 25 heavy (non-hydrogen) atoms. The number of aryl methyl sites for hydroxylation is 2. The van der Waals surface area contributed by atoms with Crippen LogP contribution in [0.15, 0.2) is 41.3 Å². The van der Waals surface area contributed by atoms with Gasteiger partial charge in [0.15, 0.2) is 5.78 Å². The largest absolute Gasteiger partial charge is 0.495 e. The van der Waals surface area contributed by atoms with Gasteiger partial charge in [-0.3, -0.25) is 9.10 Å². The molecule has 2 aromatic rings. The normalized spacial score (nSPS) is 16.5. The molecule has 0 N–H and O–H groups in total. The number of hydrogen-bond donors (Lipinski definition) is 0. The first kappa shape index (κ1) is 16.1. The van der Waals surface area contributed by atoms with Gasteiger partial charge in [-0.15, -0.1) is 0 Å². The van der Waals surface area contributed by atoms with Crippen molar-refractivity contribution in [3.63, 3.8) is 0 Å². The molecule has 2 aliphatic rings. The van der Waals surface area contributed by atoms with E-state index in [9.17, 15) is 13.2 Å². The van der Waals surface area contributed by atoms with Crippen LogP contribution in [0.3, 0.4) is 0 Å². The Morgan fingerprint density at radius 3 is 2.64 bits per heavy atom. The number of fused-ring (bicyclic) bond motifs is 2. The van der Waals surface area contributed by atoms with E-state index in [0.29, 0.717) is 17.0 Å². The lowest BCUT2D eigenvalue weighted by molar-refractivity contribution is 0.0981. The van der Waals surface area contributed by atoms with Crippen molar-refractivity contribution in [2.75, 3.05) is 18.0 Å². The Labute approximate surface area is 147 Å². The Hall–Kier alpha value is -2.34. The molecule has 0 unspecified atom stereocenters. The minimum Gasteiger partial charge on any atom is -0.495 e. The molecule has 0 saturated carbocycles. The average molecular weight is 357 g/mol. The second kappa shape index (κ2) is 5.88. The molecule has 0 fully saturated rings. The van der Waals surface area contributed by atoms with E-state index in [1.807, 2.05) is 6.07 Å². The summed E-state index contributed by atoms with van der Waals surface area (Å²) in [6.45, 7) is 0.131. The lowest BCUT2D eigenvalue weighted by Crippen LogP contribution is -2.37. The third-order valence-electron chi connectivity index (χ3n) is 4.97. The zero-order chi connectivity index (χ0) is 17.6. The molecule has 1 aliphatic carbocycles. The van der Waals surface area contributed by atoms with Gasteiger partial charge in [-0.25, -0.2) is 8.42 Å². The van der Waals surface area contributed by atoms with E-state index in [4.69, 9.17) is 4.74 Å². The van der Waals surface area contributed by atoms with Crippen molar-refractivity contribution in [2.24, 2.45) is 0 Å². The lowest BCUT2D eigenvalue weighted by Gasteiger charge is -2.31. The number of rotatable bonds is 3. The fraction of sp³-hybridized carbons (Fsp3) is 0.316. The summed E-state index contributed by atoms with van der Waals surface area (Å²) in [6, 6.07) is 10.4. The predicted octanol–water partition coefficient (Wildman–Crippen LogP) is 2.97. The first-order valence-electron chi connectivity index (χ1n) is 8.37. The fourth-order valence-corrected chi connectivity index (χ4v) is 5.24. The summed E-state index contributed by atoms with van der Waals surface area (Å²) >= 11 is 0. The SMILES string of the molecule is COc1cccc2c1N(S(=O)(=O)c1ccc3c(c1)CCC3)CCC2=O. The molecule has 0 aromatic heterocycles. The topological polar surface area (TPSA) is 63.7 Å². The Morgan fingerprint density at radius 1 is 1.04 bits per heavy atom. The van der Waals surface area contributed by atoms with Gasteiger partial charge < -0.3 is 4.74 Å². The Balaban J connectivity index is 1.85. The minimum atomic E-state index is -3.75. The summed E-state index contributed by atoms with van der Waals surface area (Å²) in [4.78, 5) is 12.5. The van der Waals surface area contributed by atoms with Gasteiger partial charge >= 0.3 is 0 Å². The molecule has 2 aromatic carbocycles. The van der Waals surface area contributed by atoms with E-state index in [1.54, 1.807) is 30.3 Å². The first-order chi connectivity index (χ1) is 12.0. The van der Waals surface area contributed by atoms with Crippen LogP contribution in [0.25, 0.3) is 0 Å². The molecule has 1 heterocycles. The number of para-hydroxylation sites is 1. The molecule has 6 heteroatoms. The fourth-order valence-electron chi connectivity index (χ4n) is 3.70. The Kier molecular flexibility index (Phi) is 3.80. The number of nitrogens with zero attached hydrogens (tertiary/aromatic N) is 1. The second-order valence-electron chi connectivity index (χ2n) is 6.39. The van der Waals surface area contributed by atoms with Gasteiger partial charge in [0.2, 0.25) is 0 Å². The average Bonchev–Trinajstić information content (AvgIpc) is 3.09. The first-order valence-corrected chi connectivity index (χ1v) is 9.81. The summed E-state index contributed by atoms with van der Waals surface area (Å²) in [6.07, 6.45) is 3.15. The number of ether oxygens (including phenoxy) is 1. The molecule has 0 amide bonds. The molecular weight excluding hydrogens is 338 g/mol. The third kappa shape index (κ3) is 2.52. The molecule has 4 rings (SSSR count). The van der Waals surface area contributed by atoms with Crippen molar-refractivity contribution in [2.45, 2.75) is 30.6 Å². The number of carbonyl (C=O) groups excluding carboxylic acids is 1. The smallest absolute Gasteiger partial charge is 0.264 e. The summed E-state index contributed by atoms with van der Waals surface area (Å²) in [7, 11) is -2.27. The Bertz CT molecular complexity index is 965. The molecular formula is C19H19NO4S. The number of anilines is 1. The maximum atomic E-state index is 13.3. The van der Waals surface area contributed by atoms with Crippen molar-refractivity contribution < 1.29 is 17.9 Å². The van der Waals surface area contributed by atoms with Crippen LogP contribution >= 0.6 is 0 Å². The predicted molar refractivity (Wildman–Crippen MR) is 94.9 cm³/mol. The standard InChI is InChI=1S/C19H19NO4S/c1-24-18-7-3-6-16-17(21)10-11-20(19(16)18)25(22,23)15-9-8-13-4-2-5-14(13)12-15/h3,6-9,12H,2,4-5,10-11H2,1H3. The molecule has 0 radical (unpaired) electrons. The highest BCUT2D eigenvalue weighted by molar-refractivity contribution is 7.92. The van der Waals surface area contributed by atoms with Crippen molar-refractivity contribution >= 4 is 21.5 Å². The van der Waals surface area contributed by atoms with Crippen LogP contribution in [0.5, 0.6) is 5.75 Å². The van der Waals surface area contributed by atoms with E-state index >= 15 is 0 Å². The summed E-state index contributed by atoms with van der Waals surface area (Å²) in [5, 5.41) is 0. The Morgan fingerprint density at radius 2 is 1.84 bits per heavy atom. The zero-order valence-electron chi connectivity index (χ0n) is 14.0. The van der Waals surface area contributed by atoms with Gasteiger partial charge in [-0.1, -0.05) is 12.1 Å². The van der Waals surface area contributed by atoms with Crippen LogP contribution in [0.2, 0.25) is 0 Å². The molecule has 0 bridgehead atoms. The zero-order valence-corrected chi connectivity index (χ0v) is 14.8. The quantitative estimate of drug-likeness (QED) is 0.847. The van der Waals surface area contributed by atoms with Gasteiger partial charge in [0.25, 0.3) is 10.0 Å². The highest BCUT2D eigenvalue weighted by Crippen LogP contribution is 2.39. The van der Waals surface area contributed by atoms with Gasteiger partial charge in [-0.05, 0) is 54.7 Å². The van der Waals surface area contributed by atoms with E-state index in [-0.39, 0.29) is 23.6 Å². The minimum absolute atomic E-state index is 0.0608. The summed E-state index contributed by atoms with van der Waals surface area (Å²) < 4.78 is 33.2. The molecule has 130 valence electrons. The number of Topliss-reactive ketones (excluding diaryl/α,β-unsaturated/α-hetero) is 1. The highest BCUT2D eigenvalue weighted by Gasteiger charge is 2.35. The maximum absolute atomic E-state index is 13.3. The van der Waals surface area contributed by atoms with Crippen molar-refractivity contribution in [1.29, 1.82) is 0 Å². The van der Waals surface area contributed by atoms with Crippen LogP contribution in [-0.2, 0) is 22.9 Å². The van der Waals surface area contributed by atoms with Gasteiger partial charge in [0, 0.05) is 18.5 Å². The maximum Gasteiger partial charge on any atom is 0.264 e. The highest BCUT2D eigenvalue weighted by atomic mass is 32.2. The second-order valence-corrected chi connectivity index (χ2v) is 8.25. The molecule has 0 saturated heterocycles. The number of ketones is 1. The lowest BCUT2D eigenvalue weighted by atomic mass is 10.0. The van der Waals surface area contributed by atoms with Crippen LogP contribution in [0.1, 0.15) is 34.3 Å². The van der Waals surface area contributed by atoms with Crippen molar-refractivity contribution in [3.05, 3.63) is 53.1 Å². The number of benzene rings is 2. The van der Waals surface area contributed by atoms with Crippen molar-refractivity contribution in [3.8, 4) is 5.75 Å². The third-order valence-corrected chi connectivity index (χ3v) is 6.76. The number of methoxy groups -OCH3 is 1. The van der Waals surface area contributed by atoms with Crippen LogP contribution in [0.4, 0.5) is 5.69 Å². The van der Waals surface area contributed by atoms with Crippen LogP contribution in [0, 0.1) is 0 Å². The van der Waals surface area contributed by atoms with E-state index in [0.717, 1.165) is 24.8 Å². The molecule has 1 aliphatic heterocycles. The molecule has 5 nitrogen and oxygen atoms in total. The van der Waals surface area contributed by atoms with Crippen LogP contribution in [-0.4, -0.2) is 27.9 Å². The number of sulfonamides is 1. The van der Waals surface area contributed by atoms with Crippen LogP contribution < -0.4 is 9.04 Å². The van der Waals surface area contributed by atoms with Gasteiger partial charge in [-0.2, -0.15) is 0 Å². The van der Waals surface area contributed by atoms with Gasteiger partial charge in [0.1, 0.15) is 11.4 Å². The number of carbonyl (C=O) groups is 1. The number of hydrogen-bond acceptors (Lipinski definition) is 4. The molecule has 0 atom stereocenters. The molecule has 0 spiro atoms. The summed E-state index contributed by atoms with van der Waals surface area (Å²) in [5.41, 5.74) is 3.08. The van der Waals surface area contributed by atoms with E-state index in [1.165, 1.54) is 17.0 Å². The monoisotopic (exact) mass is 357 g/mol. The summed E-state index contributed by atoms with van der Waals surface area (Å²) in [5.74, 6) is 0.338. The van der Waals surface area contributed by atoms with Gasteiger partial charge in [0.05, 0.1) is 12.0 Å².